The highest BCUT2D eigenvalue weighted by atomic mass is 31.2. The molecule has 0 radical (unpaired) electrons. The van der Waals surface area contributed by atoms with Gasteiger partial charge in [-0.2, -0.15) is 0 Å². The molecule has 116 valence electrons. The van der Waals surface area contributed by atoms with Crippen LogP contribution in [-0.4, -0.2) is 17.4 Å². The third-order valence-corrected chi connectivity index (χ3v) is 7.95. The summed E-state index contributed by atoms with van der Waals surface area (Å²) >= 11 is 0. The summed E-state index contributed by atoms with van der Waals surface area (Å²) in [6, 6.07) is 19.5. The van der Waals surface area contributed by atoms with Crippen LogP contribution < -0.4 is 10.6 Å². The van der Waals surface area contributed by atoms with Gasteiger partial charge in [0, 0.05) is 16.8 Å². The topological polar surface area (TPSA) is 37.3 Å². The van der Waals surface area contributed by atoms with E-state index in [4.69, 9.17) is 0 Å². The van der Waals surface area contributed by atoms with Crippen molar-refractivity contribution in [2.45, 2.75) is 31.8 Å². The average Bonchev–Trinajstić information content (AvgIpc) is 2.58. The van der Waals surface area contributed by atoms with Crippen LogP contribution in [0, 0.1) is 5.92 Å². The lowest BCUT2D eigenvalue weighted by molar-refractivity contribution is 0.0807. The molecular formula is C19H23O2P. The smallest absolute Gasteiger partial charge is 0.143 e. The van der Waals surface area contributed by atoms with Crippen molar-refractivity contribution in [2.75, 3.05) is 6.16 Å². The van der Waals surface area contributed by atoms with Crippen LogP contribution in [0.1, 0.15) is 25.7 Å². The maximum absolute atomic E-state index is 13.9. The van der Waals surface area contributed by atoms with Gasteiger partial charge >= 0.3 is 0 Å². The molecule has 22 heavy (non-hydrogen) atoms. The fraction of sp³-hybridized carbons (Fsp3) is 0.368. The molecule has 2 aromatic rings. The maximum Gasteiger partial charge on any atom is 0.143 e. The van der Waals surface area contributed by atoms with E-state index in [1.807, 2.05) is 60.7 Å². The van der Waals surface area contributed by atoms with Gasteiger partial charge in [-0.05, 0) is 18.8 Å². The zero-order valence-electron chi connectivity index (χ0n) is 12.8. The third kappa shape index (κ3) is 3.19. The van der Waals surface area contributed by atoms with Gasteiger partial charge in [-0.15, -0.1) is 0 Å². The van der Waals surface area contributed by atoms with E-state index in [1.54, 1.807) is 0 Å². The molecule has 1 fully saturated rings. The summed E-state index contributed by atoms with van der Waals surface area (Å²) in [5, 5.41) is 12.1. The van der Waals surface area contributed by atoms with Crippen LogP contribution >= 0.6 is 7.14 Å². The highest BCUT2D eigenvalue weighted by molar-refractivity contribution is 7.78. The van der Waals surface area contributed by atoms with Crippen LogP contribution in [0.4, 0.5) is 0 Å². The maximum atomic E-state index is 13.9. The molecule has 0 aliphatic heterocycles. The van der Waals surface area contributed by atoms with Gasteiger partial charge in [0.1, 0.15) is 7.14 Å². The van der Waals surface area contributed by atoms with Gasteiger partial charge in [-0.25, -0.2) is 0 Å². The largest absolute Gasteiger partial charge is 0.393 e. The van der Waals surface area contributed by atoms with Crippen molar-refractivity contribution in [3.63, 3.8) is 0 Å². The second-order valence-corrected chi connectivity index (χ2v) is 9.08. The Morgan fingerprint density at radius 3 is 1.86 bits per heavy atom. The van der Waals surface area contributed by atoms with Crippen LogP contribution in [-0.2, 0) is 4.57 Å². The highest BCUT2D eigenvalue weighted by Crippen LogP contribution is 2.47. The lowest BCUT2D eigenvalue weighted by Gasteiger charge is -2.31. The lowest BCUT2D eigenvalue weighted by atomic mass is 9.88. The van der Waals surface area contributed by atoms with E-state index in [0.717, 1.165) is 36.3 Å². The zero-order valence-corrected chi connectivity index (χ0v) is 13.7. The molecule has 1 aliphatic rings. The van der Waals surface area contributed by atoms with Gasteiger partial charge in [-0.1, -0.05) is 73.5 Å². The Balaban J connectivity index is 1.98. The first-order valence-corrected chi connectivity index (χ1v) is 9.98. The number of hydrogen-bond donors (Lipinski definition) is 1. The summed E-state index contributed by atoms with van der Waals surface area (Å²) in [5.41, 5.74) is 0. The van der Waals surface area contributed by atoms with E-state index in [-0.39, 0.29) is 12.0 Å². The van der Waals surface area contributed by atoms with Gasteiger partial charge in [0.05, 0.1) is 6.10 Å². The summed E-state index contributed by atoms with van der Waals surface area (Å²) in [6.45, 7) is 0. The van der Waals surface area contributed by atoms with Crippen LogP contribution in [0.2, 0.25) is 0 Å². The van der Waals surface area contributed by atoms with Gasteiger partial charge in [0.15, 0.2) is 0 Å². The van der Waals surface area contributed by atoms with Crippen LogP contribution in [0.3, 0.4) is 0 Å². The first-order chi connectivity index (χ1) is 10.7. The Kier molecular flexibility index (Phi) is 4.81. The van der Waals surface area contributed by atoms with Gasteiger partial charge in [0.25, 0.3) is 0 Å². The minimum atomic E-state index is -2.69. The molecule has 1 saturated carbocycles. The zero-order chi connectivity index (χ0) is 15.4. The molecule has 1 N–H and O–H groups in total. The number of aliphatic hydroxyl groups excluding tert-OH is 1. The molecule has 3 rings (SSSR count). The second kappa shape index (κ2) is 6.81. The first-order valence-electron chi connectivity index (χ1n) is 8.08. The standard InChI is InChI=1S/C19H23O2P/c20-19-14-8-7-9-16(19)15-22(21,17-10-3-1-4-11-17)18-12-5-2-6-13-18/h1-6,10-13,16,19-20H,7-9,14-15H2/t16-,19+/m0/s1. The molecule has 2 atom stereocenters. The quantitative estimate of drug-likeness (QED) is 0.876. The Bertz CT molecular complexity index is 595. The molecule has 0 heterocycles. The van der Waals surface area contributed by atoms with E-state index in [0.29, 0.717) is 6.16 Å². The Hall–Kier alpha value is -1.37. The SMILES string of the molecule is O=P(C[C@@H]1CCCC[C@H]1O)(c1ccccc1)c1ccccc1. The van der Waals surface area contributed by atoms with Crippen molar-refractivity contribution in [3.8, 4) is 0 Å². The summed E-state index contributed by atoms with van der Waals surface area (Å²) in [7, 11) is -2.69. The molecule has 3 heteroatoms. The lowest BCUT2D eigenvalue weighted by Crippen LogP contribution is -2.31. The van der Waals surface area contributed by atoms with Crippen molar-refractivity contribution >= 4 is 17.8 Å². The van der Waals surface area contributed by atoms with Crippen LogP contribution in [0.15, 0.2) is 60.7 Å². The van der Waals surface area contributed by atoms with Gasteiger partial charge in [-0.3, -0.25) is 0 Å². The monoisotopic (exact) mass is 314 g/mol. The second-order valence-electron chi connectivity index (χ2n) is 6.21. The summed E-state index contributed by atoms with van der Waals surface area (Å²) < 4.78 is 13.9. The number of hydrogen-bond acceptors (Lipinski definition) is 2. The van der Waals surface area contributed by atoms with E-state index in [1.165, 1.54) is 0 Å². The number of rotatable bonds is 4. The van der Waals surface area contributed by atoms with Gasteiger partial charge in [0.2, 0.25) is 0 Å². The van der Waals surface area contributed by atoms with Crippen LogP contribution in [0.25, 0.3) is 0 Å². The fourth-order valence-corrected chi connectivity index (χ4v) is 6.54. The molecule has 0 spiro atoms. The molecule has 0 aromatic heterocycles. The average molecular weight is 314 g/mol. The molecule has 2 nitrogen and oxygen atoms in total. The van der Waals surface area contributed by atoms with E-state index >= 15 is 0 Å². The predicted molar refractivity (Wildman–Crippen MR) is 92.6 cm³/mol. The van der Waals surface area contributed by atoms with E-state index < -0.39 is 7.14 Å². The normalized spacial score (nSPS) is 22.4. The van der Waals surface area contributed by atoms with Crippen molar-refractivity contribution in [3.05, 3.63) is 60.7 Å². The molecule has 0 amide bonds. The van der Waals surface area contributed by atoms with E-state index in [2.05, 4.69) is 0 Å². The van der Waals surface area contributed by atoms with Crippen LogP contribution in [0.5, 0.6) is 0 Å². The Morgan fingerprint density at radius 2 is 1.36 bits per heavy atom. The summed E-state index contributed by atoms with van der Waals surface area (Å²) in [5.74, 6) is 0.139. The predicted octanol–water partition coefficient (Wildman–Crippen LogP) is 3.55. The molecule has 0 bridgehead atoms. The van der Waals surface area contributed by atoms with Crippen molar-refractivity contribution in [1.82, 2.24) is 0 Å². The third-order valence-electron chi connectivity index (χ3n) is 4.71. The van der Waals surface area contributed by atoms with Crippen molar-refractivity contribution in [1.29, 1.82) is 0 Å². The van der Waals surface area contributed by atoms with Crippen molar-refractivity contribution in [2.24, 2.45) is 5.92 Å². The summed E-state index contributed by atoms with van der Waals surface area (Å²) in [4.78, 5) is 0. The molecule has 1 aliphatic carbocycles. The fourth-order valence-electron chi connectivity index (χ4n) is 3.43. The molecule has 0 unspecified atom stereocenters. The summed E-state index contributed by atoms with van der Waals surface area (Å²) in [6.07, 6.45) is 4.29. The Labute approximate surface area is 132 Å². The highest BCUT2D eigenvalue weighted by Gasteiger charge is 2.34. The van der Waals surface area contributed by atoms with Gasteiger partial charge < -0.3 is 9.67 Å². The minimum absolute atomic E-state index is 0.139. The molecule has 2 aromatic carbocycles. The van der Waals surface area contributed by atoms with Crippen molar-refractivity contribution < 1.29 is 9.67 Å². The minimum Gasteiger partial charge on any atom is -0.393 e. The Morgan fingerprint density at radius 1 is 0.864 bits per heavy atom. The van der Waals surface area contributed by atoms with E-state index in [9.17, 15) is 9.67 Å². The molecular weight excluding hydrogens is 291 g/mol. The number of benzene rings is 2. The molecule has 0 saturated heterocycles. The number of aliphatic hydroxyl groups is 1. The first kappa shape index (κ1) is 15.5.